The lowest BCUT2D eigenvalue weighted by Gasteiger charge is -2.36. The molecule has 0 radical (unpaired) electrons. The van der Waals surface area contributed by atoms with Crippen molar-refractivity contribution >= 4 is 17.7 Å². The van der Waals surface area contributed by atoms with Gasteiger partial charge in [0.2, 0.25) is 17.7 Å². The number of carbonyl (C=O) groups excluding carboxylic acids is 3. The highest BCUT2D eigenvalue weighted by atomic mass is 16.6. The average molecular weight is 1360 g/mol. The highest BCUT2D eigenvalue weighted by Gasteiger charge is 2.40. The predicted octanol–water partition coefficient (Wildman–Crippen LogP) is -5.90. The number of nitrogens with zero attached hydrogens (tertiary/aromatic N) is 9. The number of aromatic nitrogens is 9. The van der Waals surface area contributed by atoms with Gasteiger partial charge in [-0.2, -0.15) is 0 Å². The summed E-state index contributed by atoms with van der Waals surface area (Å²) in [5.74, 6) is -2.21. The van der Waals surface area contributed by atoms with Crippen LogP contribution in [-0.2, 0) is 106 Å². The molecule has 0 aromatic carbocycles. The molecule has 1 saturated carbocycles. The Bertz CT molecular complexity index is 2290. The predicted molar refractivity (Wildman–Crippen MR) is 328 cm³/mol. The molecule has 36 nitrogen and oxygen atoms in total. The average Bonchev–Trinajstić information content (AvgIpc) is 1.83. The van der Waals surface area contributed by atoms with Crippen LogP contribution in [0.1, 0.15) is 68.4 Å². The van der Waals surface area contributed by atoms with Crippen LogP contribution < -0.4 is 21.7 Å². The van der Waals surface area contributed by atoms with Gasteiger partial charge in [-0.05, 0) is 32.1 Å². The van der Waals surface area contributed by atoms with E-state index in [0.717, 1.165) is 0 Å². The summed E-state index contributed by atoms with van der Waals surface area (Å²) in [5.41, 5.74) is 7.57. The van der Waals surface area contributed by atoms with Gasteiger partial charge in [0.25, 0.3) is 0 Å². The summed E-state index contributed by atoms with van der Waals surface area (Å²) >= 11 is 0. The number of ether oxygens (including phenoxy) is 11. The molecule has 3 aromatic heterocycles. The molecule has 14 N–H and O–H groups in total. The van der Waals surface area contributed by atoms with Gasteiger partial charge >= 0.3 is 0 Å². The van der Waals surface area contributed by atoms with E-state index in [1.807, 2.05) is 0 Å². The molecule has 5 heterocycles. The Morgan fingerprint density at radius 2 is 0.726 bits per heavy atom. The topological polar surface area (TPSA) is 489 Å². The van der Waals surface area contributed by atoms with Crippen molar-refractivity contribution in [2.24, 2.45) is 29.4 Å². The maximum Gasteiger partial charge on any atom is 0.220 e. The quantitative estimate of drug-likeness (QED) is 0.0234. The number of rotatable bonds is 51. The Morgan fingerprint density at radius 3 is 1.06 bits per heavy atom. The maximum atomic E-state index is 13.0. The first-order valence-electron chi connectivity index (χ1n) is 32.7. The van der Waals surface area contributed by atoms with Gasteiger partial charge in [-0.1, -0.05) is 15.6 Å². The largest absolute Gasteiger partial charge is 0.396 e. The highest BCUT2D eigenvalue weighted by molar-refractivity contribution is 5.77. The summed E-state index contributed by atoms with van der Waals surface area (Å²) in [5, 5.41) is 123. The lowest BCUT2D eigenvalue weighted by Crippen LogP contribution is -2.52. The Morgan fingerprint density at radius 1 is 0.432 bits per heavy atom. The minimum Gasteiger partial charge on any atom is -0.396 e. The van der Waals surface area contributed by atoms with E-state index in [-0.39, 0.29) is 193 Å². The van der Waals surface area contributed by atoms with Crippen molar-refractivity contribution in [3.63, 3.8) is 0 Å². The summed E-state index contributed by atoms with van der Waals surface area (Å²) in [4.78, 5) is 38.9. The van der Waals surface area contributed by atoms with Crippen LogP contribution in [0, 0.1) is 23.7 Å². The molecule has 2 aliphatic heterocycles. The molecule has 12 atom stereocenters. The minimum atomic E-state index is -1.20. The first kappa shape index (κ1) is 79.0. The molecule has 3 aromatic rings. The van der Waals surface area contributed by atoms with Crippen LogP contribution in [0.2, 0.25) is 0 Å². The number of aliphatic hydroxyl groups excluding tert-OH is 9. The lowest BCUT2D eigenvalue weighted by atomic mass is 9.78. The molecule has 36 heteroatoms. The van der Waals surface area contributed by atoms with Crippen molar-refractivity contribution in [2.75, 3.05) is 152 Å². The molecule has 3 amide bonds. The molecule has 0 spiro atoms. The molecule has 1 aliphatic carbocycles. The second kappa shape index (κ2) is 44.8. The van der Waals surface area contributed by atoms with E-state index in [1.54, 1.807) is 23.3 Å². The van der Waals surface area contributed by atoms with Crippen molar-refractivity contribution in [3.05, 3.63) is 35.7 Å². The molecule has 2 saturated heterocycles. The van der Waals surface area contributed by atoms with Crippen LogP contribution >= 0.6 is 0 Å². The van der Waals surface area contributed by atoms with E-state index in [0.29, 0.717) is 82.7 Å². The fourth-order valence-electron chi connectivity index (χ4n) is 10.8. The number of nitrogens with one attached hydrogen (secondary N) is 3. The molecular formula is C59H103N13O23. The Labute approximate surface area is 551 Å². The van der Waals surface area contributed by atoms with Crippen LogP contribution in [0.15, 0.2) is 18.6 Å². The van der Waals surface area contributed by atoms with Crippen LogP contribution in [-0.4, -0.2) is 315 Å². The monoisotopic (exact) mass is 1360 g/mol. The van der Waals surface area contributed by atoms with Gasteiger partial charge in [-0.15, -0.1) is 15.3 Å². The summed E-state index contributed by atoms with van der Waals surface area (Å²) in [6.45, 7) is 5.72. The number of hydrogen-bond acceptors (Lipinski definition) is 30. The van der Waals surface area contributed by atoms with Crippen LogP contribution in [0.5, 0.6) is 0 Å². The third-order valence-corrected chi connectivity index (χ3v) is 16.6. The SMILES string of the molecule is NC(CCC(=O)NCCOCCOCCOCc1cn(C[C@H]2CO[C@H](CO)[C@H](O)[C@@H]2O)nn1)(CCC(=O)NCCOCCOCCOCc1cn(C[C@H]2CO[C@H](CO)[C@H](O)[C@@H]2O)nn1)CCC(=O)NCCOCCOCCOCc1cn(C[C@H]2CC[C@H](CO)[C@H](O)[C@@H]2O)nn1. The zero-order valence-electron chi connectivity index (χ0n) is 54.2. The van der Waals surface area contributed by atoms with E-state index in [4.69, 9.17) is 57.8 Å². The zero-order chi connectivity index (χ0) is 68.1. The van der Waals surface area contributed by atoms with Gasteiger partial charge in [0.15, 0.2) is 0 Å². The van der Waals surface area contributed by atoms with Gasteiger partial charge in [-0.25, -0.2) is 0 Å². The first-order valence-corrected chi connectivity index (χ1v) is 32.7. The van der Waals surface area contributed by atoms with Crippen molar-refractivity contribution in [1.82, 2.24) is 60.9 Å². The van der Waals surface area contributed by atoms with Crippen molar-refractivity contribution < 1.29 is 112 Å². The smallest absolute Gasteiger partial charge is 0.220 e. The van der Waals surface area contributed by atoms with Crippen molar-refractivity contribution in [1.29, 1.82) is 0 Å². The summed E-state index contributed by atoms with van der Waals surface area (Å²) in [7, 11) is 0. The van der Waals surface area contributed by atoms with E-state index < -0.39 is 79.4 Å². The van der Waals surface area contributed by atoms with Gasteiger partial charge in [-0.3, -0.25) is 28.4 Å². The van der Waals surface area contributed by atoms with Crippen LogP contribution in [0.25, 0.3) is 0 Å². The molecule has 3 aliphatic rings. The highest BCUT2D eigenvalue weighted by Crippen LogP contribution is 2.31. The summed E-state index contributed by atoms with van der Waals surface area (Å²) < 4.78 is 66.0. The second-order valence-electron chi connectivity index (χ2n) is 23.9. The molecule has 95 heavy (non-hydrogen) atoms. The Hall–Kier alpha value is -5.01. The molecule has 6 rings (SSSR count). The normalized spacial score (nSPS) is 24.1. The van der Waals surface area contributed by atoms with E-state index >= 15 is 0 Å². The number of carbonyl (C=O) groups is 3. The van der Waals surface area contributed by atoms with Gasteiger partial charge in [0.1, 0.15) is 41.5 Å². The minimum absolute atomic E-state index is 0.0434. The summed E-state index contributed by atoms with van der Waals surface area (Å²) in [6.07, 6.45) is -1.06. The maximum absolute atomic E-state index is 13.0. The van der Waals surface area contributed by atoms with Crippen LogP contribution in [0.3, 0.4) is 0 Å². The molecule has 0 bridgehead atoms. The Balaban J connectivity index is 0.789. The Kier molecular flexibility index (Phi) is 37.3. The van der Waals surface area contributed by atoms with E-state index in [9.17, 15) is 60.3 Å². The van der Waals surface area contributed by atoms with Gasteiger partial charge < -0.3 is 120 Å². The second-order valence-corrected chi connectivity index (χ2v) is 23.9. The fourth-order valence-corrected chi connectivity index (χ4v) is 10.8. The molecule has 0 unspecified atom stereocenters. The molecule has 3 fully saturated rings. The zero-order valence-corrected chi connectivity index (χ0v) is 54.2. The lowest BCUT2D eigenvalue weighted by molar-refractivity contribution is -0.177. The van der Waals surface area contributed by atoms with Crippen molar-refractivity contribution in [2.45, 2.75) is 145 Å². The van der Waals surface area contributed by atoms with Gasteiger partial charge in [0.05, 0.1) is 201 Å². The molecule has 542 valence electrons. The summed E-state index contributed by atoms with van der Waals surface area (Å²) in [6, 6.07) is 0. The first-order chi connectivity index (χ1) is 46.1. The fraction of sp³-hybridized carbons (Fsp3) is 0.847. The standard InChI is InChI=1S/C59H103N13O23/c60-59(6-3-50(76)61-9-12-85-15-18-88-21-24-91-38-45-30-70(67-64-45)27-41-1-2-42(33-73)54(80)53(41)79,7-4-51(77)62-10-13-86-16-19-89-22-25-92-39-46-31-71(68-65-46)28-43-36-94-48(34-74)57(83)55(43)81)8-5-52(78)63-11-14-87-17-20-90-23-26-93-40-47-32-72(69-66-47)29-44-37-95-49(35-75)58(84)56(44)82/h30-32,41-44,48-49,53-58,73-75,79-84H,1-29,33-40,60H2,(H,61,76)(H,62,77)(H,63,78)/t41-,42-,43+,44+,48-,49-,53-,54+,55-,56-,57+,58+/m1/s1. The number of amides is 3. The number of aliphatic hydroxyl groups is 9. The molecular weight excluding hydrogens is 1260 g/mol. The van der Waals surface area contributed by atoms with Crippen LogP contribution in [0.4, 0.5) is 0 Å². The van der Waals surface area contributed by atoms with Crippen molar-refractivity contribution in [3.8, 4) is 0 Å². The third-order valence-electron chi connectivity index (χ3n) is 16.6. The van der Waals surface area contributed by atoms with Gasteiger partial charge in [0, 0.05) is 81.3 Å². The number of hydrogen-bond donors (Lipinski definition) is 13. The number of nitrogens with two attached hydrogens (primary N) is 1. The van der Waals surface area contributed by atoms with E-state index in [1.165, 1.54) is 9.36 Å². The van der Waals surface area contributed by atoms with E-state index in [2.05, 4.69) is 46.9 Å². The third kappa shape index (κ3) is 29.5.